The van der Waals surface area contributed by atoms with Crippen molar-refractivity contribution in [3.8, 4) is 0 Å². The third-order valence-corrected chi connectivity index (χ3v) is 10.7. The van der Waals surface area contributed by atoms with Crippen LogP contribution < -0.4 is 10.2 Å². The van der Waals surface area contributed by atoms with Crippen LogP contribution in [0.2, 0.25) is 0 Å². The number of carbonyl (C=O) groups excluding carboxylic acids is 4. The van der Waals surface area contributed by atoms with Crippen molar-refractivity contribution in [3.05, 3.63) is 131 Å². The highest BCUT2D eigenvalue weighted by Gasteiger charge is 2.30. The van der Waals surface area contributed by atoms with Crippen molar-refractivity contribution < 1.29 is 47.6 Å². The van der Waals surface area contributed by atoms with Gasteiger partial charge in [0.1, 0.15) is 17.4 Å². The zero-order valence-corrected chi connectivity index (χ0v) is 37.8. The number of para-hydroxylation sites is 1. The lowest BCUT2D eigenvalue weighted by molar-refractivity contribution is -0.127. The minimum absolute atomic E-state index is 0.0197. The number of ether oxygens (including phenoxy) is 6. The van der Waals surface area contributed by atoms with Crippen LogP contribution in [0, 0.1) is 0 Å². The number of aryl methyl sites for hydroxylation is 1. The van der Waals surface area contributed by atoms with Crippen LogP contribution in [0.1, 0.15) is 68.4 Å². The third-order valence-electron chi connectivity index (χ3n) is 10.7. The van der Waals surface area contributed by atoms with Crippen molar-refractivity contribution in [2.45, 2.75) is 38.9 Å². The summed E-state index contributed by atoms with van der Waals surface area (Å²) in [5, 5.41) is 3.00. The van der Waals surface area contributed by atoms with Crippen LogP contribution in [-0.2, 0) is 57.5 Å². The van der Waals surface area contributed by atoms with Gasteiger partial charge in [0, 0.05) is 51.4 Å². The topological polar surface area (TPSA) is 171 Å². The summed E-state index contributed by atoms with van der Waals surface area (Å²) in [7, 11) is 2.60. The minimum Gasteiger partial charge on any atom is -0.464 e. The van der Waals surface area contributed by atoms with E-state index in [4.69, 9.17) is 28.4 Å². The van der Waals surface area contributed by atoms with Gasteiger partial charge in [0.15, 0.2) is 0 Å². The average Bonchev–Trinajstić information content (AvgIpc) is 3.33. The Kier molecular flexibility index (Phi) is 21.2. The van der Waals surface area contributed by atoms with Crippen molar-refractivity contribution in [1.82, 2.24) is 25.1 Å². The van der Waals surface area contributed by atoms with Gasteiger partial charge in [0.25, 0.3) is 0 Å². The van der Waals surface area contributed by atoms with Crippen molar-refractivity contribution in [1.29, 1.82) is 0 Å². The van der Waals surface area contributed by atoms with Gasteiger partial charge in [-0.1, -0.05) is 74.2 Å². The highest BCUT2D eigenvalue weighted by Crippen LogP contribution is 2.26. The highest BCUT2D eigenvalue weighted by molar-refractivity contribution is 5.95. The number of anilines is 1. The Hall–Kier alpha value is -5.88. The second kappa shape index (κ2) is 27.4. The monoisotopic (exact) mass is 894 g/mol. The van der Waals surface area contributed by atoms with E-state index in [0.29, 0.717) is 84.6 Å². The number of nitrogens with one attached hydrogen (secondary N) is 1. The van der Waals surface area contributed by atoms with E-state index in [2.05, 4.69) is 33.7 Å². The molecule has 0 spiro atoms. The van der Waals surface area contributed by atoms with Gasteiger partial charge in [0.2, 0.25) is 11.8 Å². The second-order valence-electron chi connectivity index (χ2n) is 15.0. The summed E-state index contributed by atoms with van der Waals surface area (Å²) in [4.78, 5) is 68.1. The van der Waals surface area contributed by atoms with Crippen LogP contribution in [-0.4, -0.2) is 143 Å². The molecule has 1 unspecified atom stereocenters. The number of esters is 2. The van der Waals surface area contributed by atoms with E-state index in [9.17, 15) is 19.2 Å². The number of carbonyl (C=O) groups is 4. The molecule has 0 saturated carbocycles. The lowest BCUT2D eigenvalue weighted by atomic mass is 10.0. The molecule has 16 nitrogen and oxygen atoms in total. The number of hydrogen-bond acceptors (Lipinski definition) is 14. The van der Waals surface area contributed by atoms with Crippen molar-refractivity contribution in [2.75, 3.05) is 105 Å². The van der Waals surface area contributed by atoms with E-state index >= 15 is 0 Å². The Bertz CT molecular complexity index is 2130. The number of rotatable bonds is 15. The molecule has 1 fully saturated rings. The number of hydrogen-bond donors (Lipinski definition) is 1. The molecule has 2 amide bonds. The first-order valence-electron chi connectivity index (χ1n) is 22.0. The van der Waals surface area contributed by atoms with Crippen LogP contribution in [0.5, 0.6) is 0 Å². The highest BCUT2D eigenvalue weighted by atomic mass is 16.5. The van der Waals surface area contributed by atoms with Gasteiger partial charge in [-0.15, -0.1) is 0 Å². The molecule has 2 aromatic carbocycles. The summed E-state index contributed by atoms with van der Waals surface area (Å²) >= 11 is 0. The lowest BCUT2D eigenvalue weighted by Crippen LogP contribution is -2.45. The van der Waals surface area contributed by atoms with Crippen LogP contribution >= 0.6 is 0 Å². The van der Waals surface area contributed by atoms with Crippen molar-refractivity contribution in [2.24, 2.45) is 0 Å². The lowest BCUT2D eigenvalue weighted by Gasteiger charge is -2.31. The maximum absolute atomic E-state index is 14.4. The molecule has 348 valence electrons. The Labute approximate surface area is 381 Å². The second-order valence-corrected chi connectivity index (χ2v) is 15.0. The fraction of sp³-hybridized carbons (Fsp3) is 0.429. The first kappa shape index (κ1) is 50.1. The summed E-state index contributed by atoms with van der Waals surface area (Å²) < 4.78 is 33.7. The molecule has 4 aromatic rings. The average molecular weight is 895 g/mol. The number of benzene rings is 2. The summed E-state index contributed by atoms with van der Waals surface area (Å²) in [6.45, 7) is 11.3. The predicted octanol–water partition coefficient (Wildman–Crippen LogP) is 4.92. The molecule has 16 heteroatoms. The Morgan fingerprint density at radius 3 is 1.91 bits per heavy atom. The van der Waals surface area contributed by atoms with Gasteiger partial charge in [0.05, 0.1) is 85.0 Å². The van der Waals surface area contributed by atoms with E-state index in [0.717, 1.165) is 34.5 Å². The number of nitrogens with zero attached hydrogens (tertiary/aromatic N) is 5. The molecule has 1 aliphatic rings. The molecule has 0 bridgehead atoms. The van der Waals surface area contributed by atoms with Crippen LogP contribution in [0.4, 0.5) is 5.69 Å². The minimum atomic E-state index is -0.981. The van der Waals surface area contributed by atoms with Gasteiger partial charge in [-0.25, -0.2) is 19.6 Å². The van der Waals surface area contributed by atoms with Gasteiger partial charge in [-0.2, -0.15) is 0 Å². The van der Waals surface area contributed by atoms with Gasteiger partial charge in [-0.3, -0.25) is 19.4 Å². The molecule has 5 rings (SSSR count). The zero-order valence-electron chi connectivity index (χ0n) is 37.8. The standard InChI is InChI=1S/C49H62N6O10/c1-5-37-13-7-8-15-39(37)35-55(44-20-10-9-14-38(44)6-2)45(56)21-22-50-47(57)46(41-17-12-19-43(52-41)49(59)61-4)54-25-29-64-33-31-62-27-23-53(24-28-63-32-34-65-30-26-54)36-40-16-11-18-42(51-40)48(58)60-3/h5,7-20,46H,1,6,21-36H2,2-4H3,(H,50,57). The normalized spacial score (nSPS) is 15.7. The van der Waals surface area contributed by atoms with E-state index < -0.39 is 23.9 Å². The zero-order chi connectivity index (χ0) is 46.2. The quantitative estimate of drug-likeness (QED) is 0.160. The summed E-state index contributed by atoms with van der Waals surface area (Å²) in [5.74, 6) is -1.70. The molecular weight excluding hydrogens is 833 g/mol. The van der Waals surface area contributed by atoms with Gasteiger partial charge >= 0.3 is 11.9 Å². The number of aromatic nitrogens is 2. The van der Waals surface area contributed by atoms with E-state index in [1.54, 1.807) is 35.2 Å². The Morgan fingerprint density at radius 2 is 1.29 bits per heavy atom. The van der Waals surface area contributed by atoms with Crippen molar-refractivity contribution >= 4 is 35.5 Å². The van der Waals surface area contributed by atoms with Crippen LogP contribution in [0.25, 0.3) is 6.08 Å². The first-order chi connectivity index (χ1) is 31.8. The fourth-order valence-electron chi connectivity index (χ4n) is 7.31. The molecule has 1 saturated heterocycles. The molecule has 1 atom stereocenters. The SMILES string of the molecule is C=Cc1ccccc1CN(C(=O)CCNC(=O)C(c1cccc(C(=O)OC)n1)N1CCOCCOCCN(Cc2cccc(C(=O)OC)n2)CCOCCOCC1)c1ccccc1CC. The molecule has 0 radical (unpaired) electrons. The number of amides is 2. The maximum atomic E-state index is 14.4. The van der Waals surface area contributed by atoms with Crippen molar-refractivity contribution in [3.63, 3.8) is 0 Å². The van der Waals surface area contributed by atoms with E-state index in [1.807, 2.05) is 59.5 Å². The summed E-state index contributed by atoms with van der Waals surface area (Å²) in [6, 6.07) is 24.8. The third kappa shape index (κ3) is 15.7. The molecule has 1 aliphatic heterocycles. The van der Waals surface area contributed by atoms with E-state index in [1.165, 1.54) is 20.3 Å². The van der Waals surface area contributed by atoms with Crippen LogP contribution in [0.15, 0.2) is 91.5 Å². The number of methoxy groups -OCH3 is 2. The Balaban J connectivity index is 1.27. The summed E-state index contributed by atoms with van der Waals surface area (Å²) in [6.07, 6.45) is 2.53. The van der Waals surface area contributed by atoms with Gasteiger partial charge < -0.3 is 38.6 Å². The molecule has 1 N–H and O–H groups in total. The first-order valence-corrected chi connectivity index (χ1v) is 22.0. The van der Waals surface area contributed by atoms with Crippen LogP contribution in [0.3, 0.4) is 0 Å². The van der Waals surface area contributed by atoms with E-state index in [-0.39, 0.29) is 43.5 Å². The largest absolute Gasteiger partial charge is 0.464 e. The van der Waals surface area contributed by atoms with Gasteiger partial charge in [-0.05, 0) is 53.4 Å². The predicted molar refractivity (Wildman–Crippen MR) is 245 cm³/mol. The summed E-state index contributed by atoms with van der Waals surface area (Å²) in [5.41, 5.74) is 5.06. The molecule has 2 aromatic heterocycles. The molecular formula is C49H62N6O10. The smallest absolute Gasteiger partial charge is 0.356 e. The fourth-order valence-corrected chi connectivity index (χ4v) is 7.31. The molecule has 65 heavy (non-hydrogen) atoms. The molecule has 0 aliphatic carbocycles. The maximum Gasteiger partial charge on any atom is 0.356 e. The molecule has 3 heterocycles. The Morgan fingerprint density at radius 1 is 0.723 bits per heavy atom. The number of pyridine rings is 2.